The van der Waals surface area contributed by atoms with Crippen molar-refractivity contribution in [3.05, 3.63) is 0 Å². The molecule has 0 spiro atoms. The van der Waals surface area contributed by atoms with Crippen molar-refractivity contribution in [1.82, 2.24) is 10.2 Å². The van der Waals surface area contributed by atoms with Crippen LogP contribution in [0.2, 0.25) is 0 Å². The van der Waals surface area contributed by atoms with Crippen molar-refractivity contribution in [2.45, 2.75) is 90.9 Å². The summed E-state index contributed by atoms with van der Waals surface area (Å²) < 4.78 is 0. The van der Waals surface area contributed by atoms with Gasteiger partial charge in [0.05, 0.1) is 12.2 Å². The second kappa shape index (κ2) is 6.93. The number of carbonyl (C=O) groups excluding carboxylic acids is 1. The molecule has 2 aliphatic rings. The first-order valence-corrected chi connectivity index (χ1v) is 8.70. The highest BCUT2D eigenvalue weighted by atomic mass is 16.2. The van der Waals surface area contributed by atoms with E-state index >= 15 is 0 Å². The summed E-state index contributed by atoms with van der Waals surface area (Å²) in [6, 6.07) is 0.533. The second-order valence-corrected chi connectivity index (χ2v) is 6.78. The molecule has 2 rings (SSSR count). The Hall–Kier alpha value is -0.570. The van der Waals surface area contributed by atoms with Gasteiger partial charge in [-0.1, -0.05) is 40.5 Å². The summed E-state index contributed by atoms with van der Waals surface area (Å²) >= 11 is 0. The van der Waals surface area contributed by atoms with Crippen molar-refractivity contribution in [2.24, 2.45) is 11.8 Å². The maximum Gasteiger partial charge on any atom is 0.241 e. The molecule has 1 N–H and O–H groups in total. The number of carbonyl (C=O) groups is 1. The van der Waals surface area contributed by atoms with E-state index in [0.717, 1.165) is 18.8 Å². The SMILES string of the molecule is CCC1CCC(N2C(=O)C(C(C)CC)NC2CC)CC1. The highest BCUT2D eigenvalue weighted by Gasteiger charge is 2.43. The van der Waals surface area contributed by atoms with E-state index in [9.17, 15) is 4.79 Å². The van der Waals surface area contributed by atoms with Gasteiger partial charge in [-0.25, -0.2) is 0 Å². The third kappa shape index (κ3) is 3.03. The molecule has 0 bridgehead atoms. The number of hydrogen-bond donors (Lipinski definition) is 1. The van der Waals surface area contributed by atoms with Crippen molar-refractivity contribution in [3.63, 3.8) is 0 Å². The summed E-state index contributed by atoms with van der Waals surface area (Å²) in [6.07, 6.45) is 8.66. The summed E-state index contributed by atoms with van der Waals surface area (Å²) in [4.78, 5) is 15.0. The van der Waals surface area contributed by atoms with Crippen LogP contribution in [0.15, 0.2) is 0 Å². The first-order valence-electron chi connectivity index (χ1n) is 8.70. The van der Waals surface area contributed by atoms with Gasteiger partial charge in [-0.2, -0.15) is 0 Å². The van der Waals surface area contributed by atoms with Gasteiger partial charge in [0.1, 0.15) is 0 Å². The van der Waals surface area contributed by atoms with Crippen LogP contribution in [-0.2, 0) is 4.79 Å². The molecule has 0 aromatic rings. The number of nitrogens with one attached hydrogen (secondary N) is 1. The molecule has 2 fully saturated rings. The minimum Gasteiger partial charge on any atom is -0.323 e. The molecule has 1 heterocycles. The lowest BCUT2D eigenvalue weighted by molar-refractivity contribution is -0.134. The van der Waals surface area contributed by atoms with Crippen LogP contribution in [0.3, 0.4) is 0 Å². The molecule has 116 valence electrons. The molecule has 1 saturated carbocycles. The number of nitrogens with zero attached hydrogens (tertiary/aromatic N) is 1. The fourth-order valence-corrected chi connectivity index (χ4v) is 3.90. The second-order valence-electron chi connectivity index (χ2n) is 6.78. The summed E-state index contributed by atoms with van der Waals surface area (Å²) in [5, 5.41) is 3.59. The molecule has 0 aromatic carbocycles. The molecule has 3 unspecified atom stereocenters. The Labute approximate surface area is 124 Å². The van der Waals surface area contributed by atoms with Gasteiger partial charge >= 0.3 is 0 Å². The van der Waals surface area contributed by atoms with Gasteiger partial charge in [-0.05, 0) is 43.9 Å². The topological polar surface area (TPSA) is 32.3 Å². The monoisotopic (exact) mass is 280 g/mol. The van der Waals surface area contributed by atoms with E-state index in [1.54, 1.807) is 0 Å². The number of rotatable bonds is 5. The quantitative estimate of drug-likeness (QED) is 0.835. The van der Waals surface area contributed by atoms with Crippen molar-refractivity contribution in [3.8, 4) is 0 Å². The predicted octanol–water partition coefficient (Wildman–Crippen LogP) is 3.54. The molecule has 1 amide bonds. The van der Waals surface area contributed by atoms with Crippen LogP contribution in [-0.4, -0.2) is 29.1 Å². The molecule has 3 atom stereocenters. The van der Waals surface area contributed by atoms with Crippen LogP contribution < -0.4 is 5.32 Å². The Morgan fingerprint density at radius 2 is 1.80 bits per heavy atom. The lowest BCUT2D eigenvalue weighted by atomic mass is 9.83. The lowest BCUT2D eigenvalue weighted by Gasteiger charge is -2.37. The van der Waals surface area contributed by atoms with Gasteiger partial charge in [0.2, 0.25) is 5.91 Å². The fraction of sp³-hybridized carbons (Fsp3) is 0.941. The molecule has 1 saturated heterocycles. The van der Waals surface area contributed by atoms with Gasteiger partial charge in [0.25, 0.3) is 0 Å². The summed E-state index contributed by atoms with van der Waals surface area (Å²) in [5.74, 6) is 1.70. The third-order valence-corrected chi connectivity index (χ3v) is 5.61. The molecular weight excluding hydrogens is 248 g/mol. The molecule has 20 heavy (non-hydrogen) atoms. The molecule has 3 nitrogen and oxygen atoms in total. The average Bonchev–Trinajstić information content (AvgIpc) is 2.83. The van der Waals surface area contributed by atoms with Crippen molar-refractivity contribution >= 4 is 5.91 Å². The van der Waals surface area contributed by atoms with Crippen LogP contribution in [0.25, 0.3) is 0 Å². The van der Waals surface area contributed by atoms with E-state index in [2.05, 4.69) is 37.9 Å². The Morgan fingerprint density at radius 3 is 2.30 bits per heavy atom. The van der Waals surface area contributed by atoms with E-state index in [4.69, 9.17) is 0 Å². The number of hydrogen-bond acceptors (Lipinski definition) is 2. The fourth-order valence-electron chi connectivity index (χ4n) is 3.90. The first-order chi connectivity index (χ1) is 9.62. The maximum absolute atomic E-state index is 12.8. The van der Waals surface area contributed by atoms with Gasteiger partial charge in [-0.15, -0.1) is 0 Å². The van der Waals surface area contributed by atoms with E-state index < -0.39 is 0 Å². The van der Waals surface area contributed by atoms with Crippen molar-refractivity contribution in [2.75, 3.05) is 0 Å². The summed E-state index contributed by atoms with van der Waals surface area (Å²) in [6.45, 7) is 8.85. The first kappa shape index (κ1) is 15.8. The Morgan fingerprint density at radius 1 is 1.15 bits per heavy atom. The molecule has 1 aliphatic carbocycles. The van der Waals surface area contributed by atoms with Crippen LogP contribution in [0, 0.1) is 11.8 Å². The van der Waals surface area contributed by atoms with Gasteiger partial charge in [0, 0.05) is 6.04 Å². The largest absolute Gasteiger partial charge is 0.323 e. The maximum atomic E-state index is 12.8. The normalized spacial score (nSPS) is 36.4. The van der Waals surface area contributed by atoms with Crippen LogP contribution in [0.5, 0.6) is 0 Å². The molecular formula is C17H32N2O. The van der Waals surface area contributed by atoms with Crippen molar-refractivity contribution in [1.29, 1.82) is 0 Å². The highest BCUT2D eigenvalue weighted by molar-refractivity contribution is 5.85. The lowest BCUT2D eigenvalue weighted by Crippen LogP contribution is -2.46. The zero-order chi connectivity index (χ0) is 14.7. The zero-order valence-corrected chi connectivity index (χ0v) is 13.7. The minimum absolute atomic E-state index is 0.0499. The number of amides is 1. The van der Waals surface area contributed by atoms with Crippen molar-refractivity contribution < 1.29 is 4.79 Å². The van der Waals surface area contributed by atoms with E-state index in [1.165, 1.54) is 32.1 Å². The Bertz CT molecular complexity index is 323. The van der Waals surface area contributed by atoms with Gasteiger partial charge in [0.15, 0.2) is 0 Å². The molecule has 0 radical (unpaired) electrons. The van der Waals surface area contributed by atoms with Crippen LogP contribution in [0.4, 0.5) is 0 Å². The van der Waals surface area contributed by atoms with E-state index in [-0.39, 0.29) is 12.2 Å². The average molecular weight is 280 g/mol. The Kier molecular flexibility index (Phi) is 5.48. The molecule has 0 aromatic heterocycles. The molecule has 3 heteroatoms. The summed E-state index contributed by atoms with van der Waals surface area (Å²) in [7, 11) is 0. The van der Waals surface area contributed by atoms with Gasteiger partial charge < -0.3 is 4.90 Å². The highest BCUT2D eigenvalue weighted by Crippen LogP contribution is 2.33. The van der Waals surface area contributed by atoms with E-state index in [1.807, 2.05) is 0 Å². The minimum atomic E-state index is 0.0499. The standard InChI is InChI=1S/C17H32N2O/c1-5-12(4)16-17(20)19(15(7-3)18-16)14-10-8-13(6-2)9-11-14/h12-16,18H,5-11H2,1-4H3. The summed E-state index contributed by atoms with van der Waals surface area (Å²) in [5.41, 5.74) is 0. The Balaban J connectivity index is 2.04. The third-order valence-electron chi connectivity index (χ3n) is 5.61. The smallest absolute Gasteiger partial charge is 0.241 e. The predicted molar refractivity (Wildman–Crippen MR) is 83.3 cm³/mol. The van der Waals surface area contributed by atoms with Gasteiger partial charge in [-0.3, -0.25) is 10.1 Å². The molecule has 1 aliphatic heterocycles. The van der Waals surface area contributed by atoms with E-state index in [0.29, 0.717) is 17.9 Å². The zero-order valence-electron chi connectivity index (χ0n) is 13.7. The van der Waals surface area contributed by atoms with Crippen LogP contribution in [0.1, 0.15) is 72.6 Å². The van der Waals surface area contributed by atoms with Crippen LogP contribution >= 0.6 is 0 Å².